The lowest BCUT2D eigenvalue weighted by molar-refractivity contribution is -0.120. The minimum Gasteiger partial charge on any atom is -0.497 e. The number of carbonyl (C=O) groups excluding carboxylic acids is 1. The van der Waals surface area contributed by atoms with E-state index in [2.05, 4.69) is 15.2 Å². The van der Waals surface area contributed by atoms with Crippen LogP contribution in [0.5, 0.6) is 17.4 Å². The average Bonchev–Trinajstić information content (AvgIpc) is 2.97. The van der Waals surface area contributed by atoms with E-state index in [1.807, 2.05) is 49.6 Å². The van der Waals surface area contributed by atoms with E-state index in [-0.39, 0.29) is 5.91 Å². The average molecular weight is 453 g/mol. The summed E-state index contributed by atoms with van der Waals surface area (Å²) in [7, 11) is 3.16. The molecule has 4 rings (SSSR count). The lowest BCUT2D eigenvalue weighted by Gasteiger charge is -2.31. The van der Waals surface area contributed by atoms with Crippen LogP contribution in [0.2, 0.25) is 0 Å². The number of fused-ring (bicyclic) bond motifs is 3. The standard InChI is InChI=1S/C23H24N4O4S/c1-5-8-19(28)27-17-10-7-6-9-15(17)20-21(24-23(32-4)26-25-20)31-22(27)16-12-11-14(29-2)13-18(16)30-3/h6-7,9-13,22H,5,8H2,1-4H3/t22-/m1/s1. The number of benzene rings is 2. The van der Waals surface area contributed by atoms with Crippen LogP contribution in [0.1, 0.15) is 31.6 Å². The minimum absolute atomic E-state index is 0.0753. The second kappa shape index (κ2) is 9.44. The molecule has 2 aromatic carbocycles. The van der Waals surface area contributed by atoms with E-state index in [1.165, 1.54) is 11.8 Å². The lowest BCUT2D eigenvalue weighted by Crippen LogP contribution is -2.37. The zero-order valence-corrected chi connectivity index (χ0v) is 19.2. The van der Waals surface area contributed by atoms with Gasteiger partial charge in [0.1, 0.15) is 11.5 Å². The summed E-state index contributed by atoms with van der Waals surface area (Å²) in [5.41, 5.74) is 2.57. The number of thioether (sulfide) groups is 1. The number of hydrogen-bond acceptors (Lipinski definition) is 8. The maximum absolute atomic E-state index is 13.4. The summed E-state index contributed by atoms with van der Waals surface area (Å²) in [5, 5.41) is 9.05. The Hall–Kier alpha value is -3.33. The molecule has 1 atom stereocenters. The van der Waals surface area contributed by atoms with Gasteiger partial charge in [-0.2, -0.15) is 4.98 Å². The molecule has 3 aromatic rings. The number of carbonyl (C=O) groups is 1. The van der Waals surface area contributed by atoms with Crippen LogP contribution in [-0.2, 0) is 4.79 Å². The molecule has 2 heterocycles. The third-order valence-corrected chi connectivity index (χ3v) is 5.67. The summed E-state index contributed by atoms with van der Waals surface area (Å²) >= 11 is 1.37. The molecule has 0 spiro atoms. The fourth-order valence-corrected chi connectivity index (χ4v) is 3.93. The summed E-state index contributed by atoms with van der Waals surface area (Å²) in [4.78, 5) is 19.6. The number of aromatic nitrogens is 3. The van der Waals surface area contributed by atoms with Crippen molar-refractivity contribution in [3.8, 4) is 28.6 Å². The molecule has 0 saturated carbocycles. The van der Waals surface area contributed by atoms with Crippen LogP contribution in [0.4, 0.5) is 5.69 Å². The Labute approximate surface area is 190 Å². The van der Waals surface area contributed by atoms with Gasteiger partial charge in [-0.25, -0.2) is 0 Å². The van der Waals surface area contributed by atoms with Crippen molar-refractivity contribution in [2.45, 2.75) is 31.1 Å². The normalized spacial score (nSPS) is 14.6. The quantitative estimate of drug-likeness (QED) is 0.505. The van der Waals surface area contributed by atoms with Gasteiger partial charge in [-0.3, -0.25) is 9.69 Å². The first-order chi connectivity index (χ1) is 15.6. The molecule has 0 saturated heterocycles. The summed E-state index contributed by atoms with van der Waals surface area (Å²) < 4.78 is 17.4. The summed E-state index contributed by atoms with van der Waals surface area (Å²) in [6.07, 6.45) is 2.11. The van der Waals surface area contributed by atoms with Crippen LogP contribution in [-0.4, -0.2) is 41.6 Å². The largest absolute Gasteiger partial charge is 0.497 e. The highest BCUT2D eigenvalue weighted by molar-refractivity contribution is 7.98. The van der Waals surface area contributed by atoms with Crippen molar-refractivity contribution in [3.63, 3.8) is 0 Å². The number of anilines is 1. The molecule has 0 fully saturated rings. The number of ether oxygens (including phenoxy) is 3. The van der Waals surface area contributed by atoms with E-state index in [0.717, 1.165) is 5.56 Å². The van der Waals surface area contributed by atoms with Crippen molar-refractivity contribution in [1.82, 2.24) is 15.2 Å². The van der Waals surface area contributed by atoms with Gasteiger partial charge in [0.05, 0.1) is 25.5 Å². The zero-order valence-electron chi connectivity index (χ0n) is 18.4. The molecule has 0 bridgehead atoms. The Bertz CT molecular complexity index is 1140. The number of para-hydroxylation sites is 1. The highest BCUT2D eigenvalue weighted by Gasteiger charge is 2.37. The molecule has 1 aliphatic rings. The van der Waals surface area contributed by atoms with E-state index in [4.69, 9.17) is 14.2 Å². The second-order valence-electron chi connectivity index (χ2n) is 7.06. The van der Waals surface area contributed by atoms with E-state index in [1.54, 1.807) is 25.2 Å². The molecule has 0 radical (unpaired) electrons. The highest BCUT2D eigenvalue weighted by atomic mass is 32.2. The Morgan fingerprint density at radius 3 is 2.69 bits per heavy atom. The Morgan fingerprint density at radius 1 is 1.16 bits per heavy atom. The Kier molecular flexibility index (Phi) is 6.45. The van der Waals surface area contributed by atoms with Gasteiger partial charge in [0.2, 0.25) is 23.2 Å². The number of nitrogens with zero attached hydrogens (tertiary/aromatic N) is 4. The molecule has 0 N–H and O–H groups in total. The van der Waals surface area contributed by atoms with Crippen LogP contribution >= 0.6 is 11.8 Å². The maximum atomic E-state index is 13.4. The number of amides is 1. The van der Waals surface area contributed by atoms with Gasteiger partial charge in [0.15, 0.2) is 5.69 Å². The highest BCUT2D eigenvalue weighted by Crippen LogP contribution is 2.45. The fourth-order valence-electron chi connectivity index (χ4n) is 3.63. The van der Waals surface area contributed by atoms with E-state index in [9.17, 15) is 4.79 Å². The molecule has 1 aliphatic heterocycles. The summed E-state index contributed by atoms with van der Waals surface area (Å²) in [6.45, 7) is 1.97. The fraction of sp³-hybridized carbons (Fsp3) is 0.304. The van der Waals surface area contributed by atoms with Gasteiger partial charge in [-0.05, 0) is 30.9 Å². The van der Waals surface area contributed by atoms with Crippen molar-refractivity contribution in [2.24, 2.45) is 0 Å². The van der Waals surface area contributed by atoms with Crippen LogP contribution in [0, 0.1) is 0 Å². The van der Waals surface area contributed by atoms with Gasteiger partial charge in [0.25, 0.3) is 0 Å². The van der Waals surface area contributed by atoms with Crippen molar-refractivity contribution >= 4 is 23.4 Å². The van der Waals surface area contributed by atoms with E-state index < -0.39 is 6.23 Å². The van der Waals surface area contributed by atoms with Crippen molar-refractivity contribution in [3.05, 3.63) is 48.0 Å². The monoisotopic (exact) mass is 452 g/mol. The first-order valence-corrected chi connectivity index (χ1v) is 11.4. The summed E-state index contributed by atoms with van der Waals surface area (Å²) in [6, 6.07) is 13.0. The molecule has 0 unspecified atom stereocenters. The smallest absolute Gasteiger partial charge is 0.247 e. The number of rotatable bonds is 6. The van der Waals surface area contributed by atoms with Crippen LogP contribution < -0.4 is 19.1 Å². The number of methoxy groups -OCH3 is 2. The van der Waals surface area contributed by atoms with Crippen molar-refractivity contribution in [1.29, 1.82) is 0 Å². The first-order valence-electron chi connectivity index (χ1n) is 10.2. The first kappa shape index (κ1) is 21.9. The molecule has 9 heteroatoms. The van der Waals surface area contributed by atoms with Gasteiger partial charge in [0, 0.05) is 18.1 Å². The Morgan fingerprint density at radius 2 is 1.97 bits per heavy atom. The Balaban J connectivity index is 1.97. The second-order valence-corrected chi connectivity index (χ2v) is 7.83. The van der Waals surface area contributed by atoms with E-state index in [0.29, 0.717) is 52.3 Å². The SMILES string of the molecule is CCCC(=O)N1c2ccccc2-c2nnc(SC)nc2O[C@@H]1c1ccc(OC)cc1OC. The molecule has 1 amide bonds. The number of hydrogen-bond donors (Lipinski definition) is 0. The molecule has 1 aromatic heterocycles. The third-order valence-electron chi connectivity index (χ3n) is 5.13. The van der Waals surface area contributed by atoms with Crippen molar-refractivity contribution in [2.75, 3.05) is 25.4 Å². The molecule has 166 valence electrons. The minimum atomic E-state index is -0.816. The van der Waals surface area contributed by atoms with Crippen molar-refractivity contribution < 1.29 is 19.0 Å². The lowest BCUT2D eigenvalue weighted by atomic mass is 10.1. The molecular formula is C23H24N4O4S. The van der Waals surface area contributed by atoms with Gasteiger partial charge >= 0.3 is 0 Å². The van der Waals surface area contributed by atoms with E-state index >= 15 is 0 Å². The maximum Gasteiger partial charge on any atom is 0.247 e. The summed E-state index contributed by atoms with van der Waals surface area (Å²) in [5.74, 6) is 1.41. The van der Waals surface area contributed by atoms with Crippen LogP contribution in [0.15, 0.2) is 47.6 Å². The van der Waals surface area contributed by atoms with Crippen LogP contribution in [0.3, 0.4) is 0 Å². The van der Waals surface area contributed by atoms with Gasteiger partial charge in [-0.15, -0.1) is 10.2 Å². The third kappa shape index (κ3) is 3.95. The van der Waals surface area contributed by atoms with Gasteiger partial charge in [-0.1, -0.05) is 36.9 Å². The molecule has 8 nitrogen and oxygen atoms in total. The molecule has 32 heavy (non-hydrogen) atoms. The van der Waals surface area contributed by atoms with Gasteiger partial charge < -0.3 is 14.2 Å². The molecular weight excluding hydrogens is 428 g/mol. The zero-order chi connectivity index (χ0) is 22.7. The topological polar surface area (TPSA) is 86.7 Å². The predicted molar refractivity (Wildman–Crippen MR) is 122 cm³/mol. The molecule has 0 aliphatic carbocycles. The van der Waals surface area contributed by atoms with Crippen LogP contribution in [0.25, 0.3) is 11.3 Å². The predicted octanol–water partition coefficient (Wildman–Crippen LogP) is 4.50.